The number of hydrogen-bond donors (Lipinski definition) is 0. The van der Waals surface area contributed by atoms with Crippen LogP contribution in [0.1, 0.15) is 24.6 Å². The molecule has 0 N–H and O–H groups in total. The summed E-state index contributed by atoms with van der Waals surface area (Å²) >= 11 is 0. The van der Waals surface area contributed by atoms with Crippen LogP contribution in [0.5, 0.6) is 0 Å². The van der Waals surface area contributed by atoms with Gasteiger partial charge in [0, 0.05) is 18.1 Å². The number of para-hydroxylation sites is 1. The van der Waals surface area contributed by atoms with Crippen molar-refractivity contribution < 1.29 is 0 Å². The number of allylic oxidation sites excluding steroid dienone is 6. The van der Waals surface area contributed by atoms with Crippen LogP contribution in [-0.2, 0) is 6.54 Å². The normalized spacial score (nSPS) is 14.1. The van der Waals surface area contributed by atoms with E-state index >= 15 is 0 Å². The lowest BCUT2D eigenvalue weighted by Crippen LogP contribution is -2.07. The highest BCUT2D eigenvalue weighted by molar-refractivity contribution is 6.04. The molecule has 5 aromatic rings. The molecule has 2 aromatic carbocycles. The average molecular weight is 445 g/mol. The summed E-state index contributed by atoms with van der Waals surface area (Å²) in [5.41, 5.74) is 9.31. The van der Waals surface area contributed by atoms with Gasteiger partial charge in [-0.1, -0.05) is 66.8 Å². The first-order chi connectivity index (χ1) is 16.7. The predicted octanol–water partition coefficient (Wildman–Crippen LogP) is 5.72. The second kappa shape index (κ2) is 8.23. The molecule has 166 valence electrons. The van der Waals surface area contributed by atoms with E-state index in [9.17, 15) is 0 Å². The minimum Gasteiger partial charge on any atom is -0.319 e. The molecule has 34 heavy (non-hydrogen) atoms. The van der Waals surface area contributed by atoms with Crippen molar-refractivity contribution in [3.05, 3.63) is 113 Å². The zero-order valence-corrected chi connectivity index (χ0v) is 19.2. The fourth-order valence-corrected chi connectivity index (χ4v) is 4.53. The minimum atomic E-state index is 0.475. The monoisotopic (exact) mass is 444 g/mol. The average Bonchev–Trinajstić information content (AvgIpc) is 3.65. The van der Waals surface area contributed by atoms with Crippen LogP contribution in [0.3, 0.4) is 0 Å². The summed E-state index contributed by atoms with van der Waals surface area (Å²) in [4.78, 5) is 4.78. The standard InChI is InChI=1S/C20H16N6.C8H8/c1-14-11-12-26(24-14)20-21-19-18(22-23-20)16-9-5-6-10-17(16)25(19)13-15-7-3-2-4-8-15;1-6-4-7-2-3-8(6)5-7/h2-12H,13H2,1H3;2-4H,5H2,1H3. The fraction of sp³-hybridized carbons (Fsp3) is 0.143. The van der Waals surface area contributed by atoms with Crippen LogP contribution in [-0.4, -0.2) is 29.5 Å². The molecular formula is C28H24N6. The molecule has 7 rings (SSSR count). The molecule has 0 unspecified atom stereocenters. The molecule has 0 fully saturated rings. The van der Waals surface area contributed by atoms with Crippen molar-refractivity contribution in [2.45, 2.75) is 26.8 Å². The van der Waals surface area contributed by atoms with E-state index in [4.69, 9.17) is 4.98 Å². The van der Waals surface area contributed by atoms with E-state index in [2.05, 4.69) is 69.3 Å². The van der Waals surface area contributed by atoms with Gasteiger partial charge in [0.1, 0.15) is 5.52 Å². The summed E-state index contributed by atoms with van der Waals surface area (Å²) < 4.78 is 3.85. The van der Waals surface area contributed by atoms with Gasteiger partial charge in [-0.3, -0.25) is 0 Å². The molecule has 2 aliphatic carbocycles. The molecular weight excluding hydrogens is 420 g/mol. The number of aromatic nitrogens is 6. The quantitative estimate of drug-likeness (QED) is 0.357. The molecule has 0 aliphatic heterocycles. The third-order valence-corrected chi connectivity index (χ3v) is 6.28. The van der Waals surface area contributed by atoms with Crippen LogP contribution in [0.4, 0.5) is 0 Å². The summed E-state index contributed by atoms with van der Waals surface area (Å²) in [6.45, 7) is 4.84. The Kier molecular flexibility index (Phi) is 4.91. The van der Waals surface area contributed by atoms with Gasteiger partial charge in [0.15, 0.2) is 5.65 Å². The number of aryl methyl sites for hydroxylation is 1. The summed E-state index contributed by atoms with van der Waals surface area (Å²) in [6.07, 6.45) is 9.72. The van der Waals surface area contributed by atoms with Gasteiger partial charge in [-0.05, 0) is 54.7 Å². The second-order valence-corrected chi connectivity index (χ2v) is 8.71. The molecule has 6 nitrogen and oxygen atoms in total. The number of nitrogens with zero attached hydrogens (tertiary/aromatic N) is 6. The first kappa shape index (κ1) is 20.3. The molecule has 0 atom stereocenters. The summed E-state index contributed by atoms with van der Waals surface area (Å²) in [7, 11) is 0. The minimum absolute atomic E-state index is 0.475. The van der Waals surface area contributed by atoms with Gasteiger partial charge in [-0.15, -0.1) is 10.2 Å². The maximum atomic E-state index is 4.78. The van der Waals surface area contributed by atoms with Crippen molar-refractivity contribution in [2.75, 3.05) is 0 Å². The van der Waals surface area contributed by atoms with Gasteiger partial charge in [-0.2, -0.15) is 10.1 Å². The van der Waals surface area contributed by atoms with E-state index in [0.29, 0.717) is 5.95 Å². The Balaban J connectivity index is 0.000000228. The van der Waals surface area contributed by atoms with E-state index in [0.717, 1.165) is 34.3 Å². The van der Waals surface area contributed by atoms with E-state index in [1.54, 1.807) is 4.68 Å². The number of rotatable bonds is 3. The van der Waals surface area contributed by atoms with Crippen molar-refractivity contribution in [1.82, 2.24) is 29.5 Å². The molecule has 0 radical (unpaired) electrons. The Morgan fingerprint density at radius 2 is 1.71 bits per heavy atom. The van der Waals surface area contributed by atoms with Crippen molar-refractivity contribution in [3.8, 4) is 5.95 Å². The van der Waals surface area contributed by atoms with Crippen molar-refractivity contribution >= 4 is 22.1 Å². The maximum absolute atomic E-state index is 4.78. The highest BCUT2D eigenvalue weighted by Gasteiger charge is 2.16. The Morgan fingerprint density at radius 3 is 2.38 bits per heavy atom. The lowest BCUT2D eigenvalue weighted by Gasteiger charge is -2.07. The number of benzene rings is 2. The predicted molar refractivity (Wildman–Crippen MR) is 135 cm³/mol. The summed E-state index contributed by atoms with van der Waals surface area (Å²) in [5.74, 6) is 0.475. The summed E-state index contributed by atoms with van der Waals surface area (Å²) in [5, 5.41) is 14.2. The molecule has 3 heterocycles. The molecule has 6 heteroatoms. The highest BCUT2D eigenvalue weighted by atomic mass is 15.4. The molecule has 2 bridgehead atoms. The second-order valence-electron chi connectivity index (χ2n) is 8.71. The first-order valence-corrected chi connectivity index (χ1v) is 11.4. The fourth-order valence-electron chi connectivity index (χ4n) is 4.53. The van der Waals surface area contributed by atoms with Crippen molar-refractivity contribution in [2.24, 2.45) is 0 Å². The topological polar surface area (TPSA) is 61.4 Å². The lowest BCUT2D eigenvalue weighted by atomic mass is 10.2. The lowest BCUT2D eigenvalue weighted by molar-refractivity contribution is 0.765. The number of fused-ring (bicyclic) bond motifs is 5. The van der Waals surface area contributed by atoms with Gasteiger partial charge in [0.25, 0.3) is 5.95 Å². The zero-order valence-electron chi connectivity index (χ0n) is 19.2. The third kappa shape index (κ3) is 3.63. The number of hydrogen-bond acceptors (Lipinski definition) is 4. The smallest absolute Gasteiger partial charge is 0.272 e. The van der Waals surface area contributed by atoms with E-state index < -0.39 is 0 Å². The molecule has 0 saturated carbocycles. The Labute approximate surface area is 197 Å². The Bertz CT molecular complexity index is 1620. The molecule has 2 aliphatic rings. The van der Waals surface area contributed by atoms with E-state index in [-0.39, 0.29) is 0 Å². The van der Waals surface area contributed by atoms with E-state index in [1.807, 2.05) is 49.5 Å². The Morgan fingerprint density at radius 1 is 0.882 bits per heavy atom. The SMILES string of the molecule is CC1=C2C=CC(=C1)C2.Cc1ccn(-c2nnc3c4ccccc4n(Cc4ccccc4)c3n2)n1. The molecule has 0 spiro atoms. The van der Waals surface area contributed by atoms with Gasteiger partial charge in [0.2, 0.25) is 0 Å². The third-order valence-electron chi connectivity index (χ3n) is 6.28. The van der Waals surface area contributed by atoms with Crippen molar-refractivity contribution in [1.29, 1.82) is 0 Å². The van der Waals surface area contributed by atoms with Crippen LogP contribution in [0, 0.1) is 6.92 Å². The molecule has 3 aromatic heterocycles. The van der Waals surface area contributed by atoms with Crippen LogP contribution in [0.2, 0.25) is 0 Å². The van der Waals surface area contributed by atoms with Gasteiger partial charge in [0.05, 0.1) is 11.2 Å². The van der Waals surface area contributed by atoms with Crippen LogP contribution < -0.4 is 0 Å². The highest BCUT2D eigenvalue weighted by Crippen LogP contribution is 2.32. The van der Waals surface area contributed by atoms with Crippen LogP contribution >= 0.6 is 0 Å². The van der Waals surface area contributed by atoms with Crippen LogP contribution in [0.15, 0.2) is 102 Å². The van der Waals surface area contributed by atoms with Crippen molar-refractivity contribution in [3.63, 3.8) is 0 Å². The van der Waals surface area contributed by atoms with Gasteiger partial charge in [-0.25, -0.2) is 4.68 Å². The molecule has 0 amide bonds. The van der Waals surface area contributed by atoms with Gasteiger partial charge >= 0.3 is 0 Å². The van der Waals surface area contributed by atoms with E-state index in [1.165, 1.54) is 28.7 Å². The Hall–Kier alpha value is -4.32. The van der Waals surface area contributed by atoms with Gasteiger partial charge < -0.3 is 4.57 Å². The molecule has 0 saturated heterocycles. The summed E-state index contributed by atoms with van der Waals surface area (Å²) in [6, 6.07) is 20.5. The van der Waals surface area contributed by atoms with Crippen LogP contribution in [0.25, 0.3) is 28.0 Å². The maximum Gasteiger partial charge on any atom is 0.272 e. The largest absolute Gasteiger partial charge is 0.319 e. The first-order valence-electron chi connectivity index (χ1n) is 11.4. The zero-order chi connectivity index (χ0) is 23.1.